The van der Waals surface area contributed by atoms with Crippen LogP contribution in [0.5, 0.6) is 5.19 Å². The van der Waals surface area contributed by atoms with Crippen molar-refractivity contribution in [3.63, 3.8) is 0 Å². The minimum absolute atomic E-state index is 0.0688. The van der Waals surface area contributed by atoms with Crippen LogP contribution in [0.15, 0.2) is 6.20 Å². The molecule has 1 N–H and O–H groups in total. The number of methoxy groups -OCH3 is 1. The largest absolute Gasteiger partial charge is 0.481 e. The standard InChI is InChI=1S/C11H13F2NO3S/c1-17-9-14-6-7(18-9)10(8(15)16)2-4-11(12,13)5-3-10/h6H,2-5H2,1H3,(H,15,16). The van der Waals surface area contributed by atoms with Gasteiger partial charge in [-0.05, 0) is 12.8 Å². The van der Waals surface area contributed by atoms with Gasteiger partial charge in [0.25, 0.3) is 5.19 Å². The first-order chi connectivity index (χ1) is 8.39. The van der Waals surface area contributed by atoms with Crippen molar-refractivity contribution in [1.82, 2.24) is 4.98 Å². The molecule has 0 aliphatic heterocycles. The number of halogens is 2. The minimum atomic E-state index is -2.76. The Kier molecular flexibility index (Phi) is 3.27. The zero-order valence-corrected chi connectivity index (χ0v) is 10.6. The Morgan fingerprint density at radius 1 is 1.44 bits per heavy atom. The molecule has 7 heteroatoms. The highest BCUT2D eigenvalue weighted by molar-refractivity contribution is 7.13. The van der Waals surface area contributed by atoms with Crippen molar-refractivity contribution in [2.45, 2.75) is 37.0 Å². The second-order valence-electron chi connectivity index (χ2n) is 4.44. The van der Waals surface area contributed by atoms with Gasteiger partial charge in [0.2, 0.25) is 5.92 Å². The van der Waals surface area contributed by atoms with E-state index in [0.29, 0.717) is 10.1 Å². The van der Waals surface area contributed by atoms with E-state index in [1.807, 2.05) is 0 Å². The van der Waals surface area contributed by atoms with Gasteiger partial charge in [-0.25, -0.2) is 13.8 Å². The van der Waals surface area contributed by atoms with Gasteiger partial charge in [0.1, 0.15) is 5.41 Å². The number of aliphatic carboxylic acids is 1. The van der Waals surface area contributed by atoms with Crippen molar-refractivity contribution >= 4 is 17.3 Å². The van der Waals surface area contributed by atoms with E-state index in [2.05, 4.69) is 4.98 Å². The van der Waals surface area contributed by atoms with Crippen LogP contribution < -0.4 is 4.74 Å². The van der Waals surface area contributed by atoms with Gasteiger partial charge in [0.05, 0.1) is 7.11 Å². The summed E-state index contributed by atoms with van der Waals surface area (Å²) in [5, 5.41) is 9.74. The van der Waals surface area contributed by atoms with Crippen LogP contribution in [0.25, 0.3) is 0 Å². The molecular formula is C11H13F2NO3S. The molecule has 0 spiro atoms. The molecule has 18 heavy (non-hydrogen) atoms. The molecule has 0 saturated heterocycles. The molecule has 0 unspecified atom stereocenters. The van der Waals surface area contributed by atoms with Gasteiger partial charge >= 0.3 is 5.97 Å². The second kappa shape index (κ2) is 4.46. The summed E-state index contributed by atoms with van der Waals surface area (Å²) in [4.78, 5) is 15.9. The monoisotopic (exact) mass is 277 g/mol. The summed E-state index contributed by atoms with van der Waals surface area (Å²) >= 11 is 1.11. The average molecular weight is 277 g/mol. The third-order valence-corrected chi connectivity index (χ3v) is 4.54. The van der Waals surface area contributed by atoms with Gasteiger partial charge in [-0.2, -0.15) is 0 Å². The van der Waals surface area contributed by atoms with E-state index in [4.69, 9.17) is 4.74 Å². The van der Waals surface area contributed by atoms with Crippen molar-refractivity contribution in [2.24, 2.45) is 0 Å². The number of carbonyl (C=O) groups is 1. The van der Waals surface area contributed by atoms with Gasteiger partial charge < -0.3 is 9.84 Å². The molecule has 0 atom stereocenters. The molecule has 0 amide bonds. The number of rotatable bonds is 3. The molecule has 1 heterocycles. The van der Waals surface area contributed by atoms with Crippen molar-refractivity contribution < 1.29 is 23.4 Å². The number of hydrogen-bond donors (Lipinski definition) is 1. The Bertz CT molecular complexity index is 451. The number of aromatic nitrogens is 1. The summed E-state index contributed by atoms with van der Waals surface area (Å²) in [6, 6.07) is 0. The molecule has 4 nitrogen and oxygen atoms in total. The van der Waals surface area contributed by atoms with Gasteiger partial charge in [-0.15, -0.1) is 0 Å². The van der Waals surface area contributed by atoms with Gasteiger partial charge in [-0.3, -0.25) is 4.79 Å². The lowest BCUT2D eigenvalue weighted by Gasteiger charge is -2.35. The molecule has 1 aromatic rings. The fraction of sp³-hybridized carbons (Fsp3) is 0.636. The van der Waals surface area contributed by atoms with E-state index in [0.717, 1.165) is 11.3 Å². The average Bonchev–Trinajstić information content (AvgIpc) is 2.78. The molecule has 0 bridgehead atoms. The van der Waals surface area contributed by atoms with Crippen molar-refractivity contribution in [1.29, 1.82) is 0 Å². The Morgan fingerprint density at radius 2 is 2.06 bits per heavy atom. The Morgan fingerprint density at radius 3 is 2.50 bits per heavy atom. The number of hydrogen-bond acceptors (Lipinski definition) is 4. The Hall–Kier alpha value is -1.24. The quantitative estimate of drug-likeness (QED) is 0.922. The smallest absolute Gasteiger partial charge is 0.315 e. The molecular weight excluding hydrogens is 264 g/mol. The molecule has 1 aliphatic rings. The minimum Gasteiger partial charge on any atom is -0.481 e. The van der Waals surface area contributed by atoms with E-state index in [1.54, 1.807) is 0 Å². The SMILES string of the molecule is COc1ncc(C2(C(=O)O)CCC(F)(F)CC2)s1. The molecule has 1 aromatic heterocycles. The number of ether oxygens (including phenoxy) is 1. The van der Waals surface area contributed by atoms with Crippen molar-refractivity contribution in [3.8, 4) is 5.19 Å². The third-order valence-electron chi connectivity index (χ3n) is 3.38. The van der Waals surface area contributed by atoms with Crippen LogP contribution in [0.3, 0.4) is 0 Å². The van der Waals surface area contributed by atoms with E-state index in [-0.39, 0.29) is 12.8 Å². The zero-order chi connectivity index (χ0) is 13.4. The fourth-order valence-corrected chi connectivity index (χ4v) is 3.15. The maximum Gasteiger partial charge on any atom is 0.315 e. The van der Waals surface area contributed by atoms with Crippen LogP contribution in [0.2, 0.25) is 0 Å². The summed E-state index contributed by atoms with van der Waals surface area (Å²) in [5.41, 5.74) is -1.24. The predicted octanol–water partition coefficient (Wildman–Crippen LogP) is 2.68. The maximum atomic E-state index is 13.2. The molecule has 1 aliphatic carbocycles. The van der Waals surface area contributed by atoms with Gasteiger partial charge in [0, 0.05) is 23.9 Å². The second-order valence-corrected chi connectivity index (χ2v) is 5.43. The van der Waals surface area contributed by atoms with E-state index < -0.39 is 30.1 Å². The highest BCUT2D eigenvalue weighted by Crippen LogP contribution is 2.47. The zero-order valence-electron chi connectivity index (χ0n) is 9.78. The van der Waals surface area contributed by atoms with E-state index in [1.165, 1.54) is 13.3 Å². The number of carboxylic acid groups (broad SMARTS) is 1. The number of alkyl halides is 2. The van der Waals surface area contributed by atoms with Crippen molar-refractivity contribution in [2.75, 3.05) is 7.11 Å². The van der Waals surface area contributed by atoms with E-state index in [9.17, 15) is 18.7 Å². The summed E-state index contributed by atoms with van der Waals surface area (Å²) in [5.74, 6) is -3.82. The summed E-state index contributed by atoms with van der Waals surface area (Å²) < 4.78 is 31.3. The normalized spacial score (nSPS) is 21.5. The summed E-state index contributed by atoms with van der Waals surface area (Å²) in [6.07, 6.45) is 0.474. The van der Waals surface area contributed by atoms with Gasteiger partial charge in [0.15, 0.2) is 0 Å². The highest BCUT2D eigenvalue weighted by Gasteiger charge is 2.50. The molecule has 1 saturated carbocycles. The lowest BCUT2D eigenvalue weighted by Crippen LogP contribution is -2.42. The van der Waals surface area contributed by atoms with Gasteiger partial charge in [-0.1, -0.05) is 11.3 Å². The molecule has 1 fully saturated rings. The fourth-order valence-electron chi connectivity index (χ4n) is 2.18. The first-order valence-corrected chi connectivity index (χ1v) is 6.33. The Labute approximate surface area is 107 Å². The number of thiazole rings is 1. The van der Waals surface area contributed by atoms with Crippen LogP contribution in [0, 0.1) is 0 Å². The first kappa shape index (κ1) is 13.2. The lowest BCUT2D eigenvalue weighted by molar-refractivity contribution is -0.148. The van der Waals surface area contributed by atoms with E-state index >= 15 is 0 Å². The van der Waals surface area contributed by atoms with Crippen LogP contribution in [0.1, 0.15) is 30.6 Å². The summed E-state index contributed by atoms with van der Waals surface area (Å²) in [7, 11) is 1.44. The van der Waals surface area contributed by atoms with Crippen LogP contribution >= 0.6 is 11.3 Å². The van der Waals surface area contributed by atoms with Crippen molar-refractivity contribution in [3.05, 3.63) is 11.1 Å². The molecule has 0 aromatic carbocycles. The topological polar surface area (TPSA) is 59.4 Å². The number of carboxylic acids is 1. The predicted molar refractivity (Wildman–Crippen MR) is 61.4 cm³/mol. The summed E-state index contributed by atoms with van der Waals surface area (Å²) in [6.45, 7) is 0. The van der Waals surface area contributed by atoms with Crippen LogP contribution in [-0.2, 0) is 10.2 Å². The highest BCUT2D eigenvalue weighted by atomic mass is 32.1. The molecule has 0 radical (unpaired) electrons. The van der Waals surface area contributed by atoms with Crippen LogP contribution in [-0.4, -0.2) is 29.1 Å². The maximum absolute atomic E-state index is 13.2. The first-order valence-electron chi connectivity index (χ1n) is 5.51. The lowest BCUT2D eigenvalue weighted by atomic mass is 9.72. The number of nitrogens with zero attached hydrogens (tertiary/aromatic N) is 1. The van der Waals surface area contributed by atoms with Crippen LogP contribution in [0.4, 0.5) is 8.78 Å². The molecule has 100 valence electrons. The third kappa shape index (κ3) is 2.19. The Balaban J connectivity index is 2.31. The molecule has 2 rings (SSSR count).